The number of carbonyl (C=O) groups is 1. The number of halogens is 1. The summed E-state index contributed by atoms with van der Waals surface area (Å²) in [6.45, 7) is 3.07. The van der Waals surface area contributed by atoms with Crippen LogP contribution in [0.15, 0.2) is 24.3 Å². The number of likely N-dealkylation sites (tertiary alicyclic amines) is 1. The Hall–Kier alpha value is -1.50. The number of nitrogens with zero attached hydrogens (tertiary/aromatic N) is 2. The Morgan fingerprint density at radius 2 is 2.04 bits per heavy atom. The lowest BCUT2D eigenvalue weighted by Gasteiger charge is -2.40. The zero-order chi connectivity index (χ0) is 18.1. The van der Waals surface area contributed by atoms with Crippen LogP contribution < -0.4 is 5.73 Å². The number of ether oxygens (including phenoxy) is 1. The second-order valence-corrected chi connectivity index (χ2v) is 7.84. The fourth-order valence-corrected chi connectivity index (χ4v) is 4.81. The third kappa shape index (κ3) is 3.50. The normalized spacial score (nSPS) is 30.8. The fourth-order valence-electron chi connectivity index (χ4n) is 4.81. The highest BCUT2D eigenvalue weighted by molar-refractivity contribution is 5.82. The summed E-state index contributed by atoms with van der Waals surface area (Å²) in [5, 5.41) is 0. The van der Waals surface area contributed by atoms with Gasteiger partial charge in [0.2, 0.25) is 5.91 Å². The highest BCUT2D eigenvalue weighted by Crippen LogP contribution is 2.30. The van der Waals surface area contributed by atoms with Gasteiger partial charge in [-0.3, -0.25) is 9.69 Å². The number of rotatable bonds is 3. The van der Waals surface area contributed by atoms with E-state index in [4.69, 9.17) is 10.5 Å². The second-order valence-electron chi connectivity index (χ2n) is 7.84. The molecule has 3 aliphatic rings. The van der Waals surface area contributed by atoms with Gasteiger partial charge in [0.15, 0.2) is 0 Å². The summed E-state index contributed by atoms with van der Waals surface area (Å²) < 4.78 is 19.2. The quantitative estimate of drug-likeness (QED) is 0.891. The summed E-state index contributed by atoms with van der Waals surface area (Å²) in [6, 6.07) is 6.71. The van der Waals surface area contributed by atoms with Crippen LogP contribution in [0.5, 0.6) is 0 Å². The van der Waals surface area contributed by atoms with Gasteiger partial charge in [0.05, 0.1) is 13.2 Å². The van der Waals surface area contributed by atoms with Crippen molar-refractivity contribution in [2.45, 2.75) is 49.7 Å². The predicted molar refractivity (Wildman–Crippen MR) is 97.3 cm³/mol. The Balaban J connectivity index is 1.47. The Morgan fingerprint density at radius 1 is 1.23 bits per heavy atom. The summed E-state index contributed by atoms with van der Waals surface area (Å²) in [5.41, 5.74) is 7.19. The summed E-state index contributed by atoms with van der Waals surface area (Å²) in [5.74, 6) is -0.155. The van der Waals surface area contributed by atoms with Gasteiger partial charge in [-0.1, -0.05) is 25.0 Å². The van der Waals surface area contributed by atoms with Crippen LogP contribution in [0, 0.1) is 5.82 Å². The van der Waals surface area contributed by atoms with Crippen molar-refractivity contribution >= 4 is 5.91 Å². The van der Waals surface area contributed by atoms with Gasteiger partial charge in [0.1, 0.15) is 11.9 Å². The molecule has 3 fully saturated rings. The first-order valence-electron chi connectivity index (χ1n) is 9.77. The third-order valence-corrected chi connectivity index (χ3v) is 6.20. The van der Waals surface area contributed by atoms with Crippen LogP contribution in [-0.4, -0.2) is 66.7 Å². The molecule has 0 radical (unpaired) electrons. The summed E-state index contributed by atoms with van der Waals surface area (Å²) in [6.07, 6.45) is 4.85. The van der Waals surface area contributed by atoms with Crippen LogP contribution in [0.4, 0.5) is 4.39 Å². The summed E-state index contributed by atoms with van der Waals surface area (Å²) >= 11 is 0. The van der Waals surface area contributed by atoms with Crippen molar-refractivity contribution in [2.24, 2.45) is 5.73 Å². The van der Waals surface area contributed by atoms with E-state index in [1.165, 1.54) is 37.8 Å². The van der Waals surface area contributed by atoms with Gasteiger partial charge in [-0.2, -0.15) is 0 Å². The van der Waals surface area contributed by atoms with E-state index in [9.17, 15) is 9.18 Å². The Bertz CT molecular complexity index is 650. The predicted octanol–water partition coefficient (Wildman–Crippen LogP) is 1.72. The number of carbonyl (C=O) groups excluding carboxylic acids is 1. The topological polar surface area (TPSA) is 58.8 Å². The highest BCUT2D eigenvalue weighted by Gasteiger charge is 2.41. The van der Waals surface area contributed by atoms with Crippen LogP contribution in [-0.2, 0) is 9.53 Å². The van der Waals surface area contributed by atoms with Gasteiger partial charge in [0, 0.05) is 37.6 Å². The molecule has 1 aliphatic carbocycles. The van der Waals surface area contributed by atoms with E-state index in [0.717, 1.165) is 12.1 Å². The first-order valence-corrected chi connectivity index (χ1v) is 9.77. The number of hydrogen-bond acceptors (Lipinski definition) is 4. The molecule has 1 unspecified atom stereocenters. The van der Waals surface area contributed by atoms with E-state index in [-0.39, 0.29) is 29.7 Å². The van der Waals surface area contributed by atoms with Gasteiger partial charge >= 0.3 is 0 Å². The average Bonchev–Trinajstić information content (AvgIpc) is 3.31. The SMILES string of the molecule is N[C@@H]1CN(C(=O)C2COCCN2C2CCCC2)C[C@H]1c1cccc(F)c1. The largest absolute Gasteiger partial charge is 0.378 e. The Kier molecular flexibility index (Phi) is 5.25. The van der Waals surface area contributed by atoms with E-state index in [1.54, 1.807) is 6.07 Å². The van der Waals surface area contributed by atoms with E-state index in [2.05, 4.69) is 4.90 Å². The summed E-state index contributed by atoms with van der Waals surface area (Å²) in [4.78, 5) is 17.5. The second kappa shape index (κ2) is 7.62. The molecule has 0 bridgehead atoms. The molecule has 0 spiro atoms. The molecule has 6 heteroatoms. The number of hydrogen-bond donors (Lipinski definition) is 1. The van der Waals surface area contributed by atoms with Gasteiger partial charge in [-0.15, -0.1) is 0 Å². The Morgan fingerprint density at radius 3 is 2.81 bits per heavy atom. The zero-order valence-corrected chi connectivity index (χ0v) is 15.1. The van der Waals surface area contributed by atoms with E-state index >= 15 is 0 Å². The van der Waals surface area contributed by atoms with E-state index < -0.39 is 0 Å². The van der Waals surface area contributed by atoms with Gasteiger partial charge in [0.25, 0.3) is 0 Å². The first kappa shape index (κ1) is 17.9. The molecule has 2 aliphatic heterocycles. The monoisotopic (exact) mass is 361 g/mol. The van der Waals surface area contributed by atoms with Crippen molar-refractivity contribution in [1.82, 2.24) is 9.80 Å². The van der Waals surface area contributed by atoms with Gasteiger partial charge in [-0.05, 0) is 30.5 Å². The van der Waals surface area contributed by atoms with Crippen LogP contribution in [0.2, 0.25) is 0 Å². The number of benzene rings is 1. The standard InChI is InChI=1S/C20H28FN3O2/c21-15-5-3-4-14(10-15)17-11-23(12-18(17)22)20(25)19-13-26-9-8-24(19)16-6-1-2-7-16/h3-5,10,16-19H,1-2,6-9,11-13,22H2/t17-,18+,19?/m0/s1. The minimum atomic E-state index is -0.257. The zero-order valence-electron chi connectivity index (χ0n) is 15.1. The van der Waals surface area contributed by atoms with Crippen LogP contribution in [0.3, 0.4) is 0 Å². The molecule has 1 saturated carbocycles. The summed E-state index contributed by atoms with van der Waals surface area (Å²) in [7, 11) is 0. The maximum atomic E-state index is 13.6. The lowest BCUT2D eigenvalue weighted by molar-refractivity contribution is -0.144. The molecule has 1 aromatic rings. The molecule has 1 amide bonds. The minimum Gasteiger partial charge on any atom is -0.378 e. The smallest absolute Gasteiger partial charge is 0.242 e. The van der Waals surface area contributed by atoms with Crippen molar-refractivity contribution in [1.29, 1.82) is 0 Å². The number of amides is 1. The van der Waals surface area contributed by atoms with Crippen molar-refractivity contribution in [3.63, 3.8) is 0 Å². The van der Waals surface area contributed by atoms with Crippen LogP contribution in [0.1, 0.15) is 37.2 Å². The number of morpholine rings is 1. The van der Waals surface area contributed by atoms with E-state index in [1.807, 2.05) is 11.0 Å². The lowest BCUT2D eigenvalue weighted by Crippen LogP contribution is -2.57. The molecule has 142 valence electrons. The average molecular weight is 361 g/mol. The van der Waals surface area contributed by atoms with Crippen LogP contribution in [0.25, 0.3) is 0 Å². The van der Waals surface area contributed by atoms with Crippen molar-refractivity contribution < 1.29 is 13.9 Å². The van der Waals surface area contributed by atoms with Crippen molar-refractivity contribution in [3.05, 3.63) is 35.6 Å². The minimum absolute atomic E-state index is 0.0147. The molecule has 4 rings (SSSR count). The highest BCUT2D eigenvalue weighted by atomic mass is 19.1. The van der Waals surface area contributed by atoms with Crippen LogP contribution >= 0.6 is 0 Å². The molecule has 2 N–H and O–H groups in total. The molecule has 5 nitrogen and oxygen atoms in total. The van der Waals surface area contributed by atoms with E-state index in [0.29, 0.717) is 32.3 Å². The maximum absolute atomic E-state index is 13.6. The van der Waals surface area contributed by atoms with Gasteiger partial charge in [-0.25, -0.2) is 4.39 Å². The van der Waals surface area contributed by atoms with Crippen molar-refractivity contribution in [3.8, 4) is 0 Å². The molecule has 2 heterocycles. The molecule has 3 atom stereocenters. The molecular weight excluding hydrogens is 333 g/mol. The Labute approximate surface area is 154 Å². The fraction of sp³-hybridized carbons (Fsp3) is 0.650. The van der Waals surface area contributed by atoms with Gasteiger partial charge < -0.3 is 15.4 Å². The molecule has 2 saturated heterocycles. The lowest BCUT2D eigenvalue weighted by atomic mass is 9.95. The molecule has 1 aromatic carbocycles. The maximum Gasteiger partial charge on any atom is 0.242 e. The molecular formula is C20H28FN3O2. The first-order chi connectivity index (χ1) is 12.6. The van der Waals surface area contributed by atoms with Crippen molar-refractivity contribution in [2.75, 3.05) is 32.8 Å². The molecule has 26 heavy (non-hydrogen) atoms. The third-order valence-electron chi connectivity index (χ3n) is 6.20. The number of nitrogens with two attached hydrogens (primary N) is 1. The molecule has 0 aromatic heterocycles.